The summed E-state index contributed by atoms with van der Waals surface area (Å²) >= 11 is 0. The Balaban J connectivity index is 1.76. The predicted octanol–water partition coefficient (Wildman–Crippen LogP) is 4.50. The first-order chi connectivity index (χ1) is 12.6. The number of fused-ring (bicyclic) bond motifs is 1. The molecule has 0 amide bonds. The lowest BCUT2D eigenvalue weighted by Crippen LogP contribution is -2.23. The molecule has 0 aliphatic rings. The van der Waals surface area contributed by atoms with Crippen LogP contribution in [0.15, 0.2) is 71.6 Å². The molecule has 0 radical (unpaired) electrons. The lowest BCUT2D eigenvalue weighted by Gasteiger charge is -2.09. The van der Waals surface area contributed by atoms with Crippen molar-refractivity contribution in [2.24, 2.45) is 0 Å². The highest BCUT2D eigenvalue weighted by atomic mass is 32.2. The maximum absolute atomic E-state index is 12.6. The van der Waals surface area contributed by atoms with Gasteiger partial charge in [0.05, 0.1) is 11.5 Å². The Bertz CT molecular complexity index is 969. The van der Waals surface area contributed by atoms with Crippen LogP contribution in [-0.4, -0.2) is 15.0 Å². The Morgan fingerprint density at radius 2 is 1.65 bits per heavy atom. The summed E-state index contributed by atoms with van der Waals surface area (Å²) < 4.78 is 33.5. The molecular formula is C21H23NO3S. The molecule has 0 fully saturated rings. The summed E-state index contributed by atoms with van der Waals surface area (Å²) in [5, 5.41) is 1.83. The van der Waals surface area contributed by atoms with Gasteiger partial charge >= 0.3 is 0 Å². The van der Waals surface area contributed by atoms with Crippen molar-refractivity contribution in [2.75, 3.05) is 6.61 Å². The van der Waals surface area contributed by atoms with E-state index in [1.165, 1.54) is 0 Å². The molecular weight excluding hydrogens is 346 g/mol. The molecule has 0 bridgehead atoms. The van der Waals surface area contributed by atoms with Crippen LogP contribution < -0.4 is 9.46 Å². The summed E-state index contributed by atoms with van der Waals surface area (Å²) in [5.41, 5.74) is 0.922. The van der Waals surface area contributed by atoms with Crippen molar-refractivity contribution in [3.8, 4) is 5.75 Å². The zero-order chi connectivity index (χ0) is 18.4. The van der Waals surface area contributed by atoms with E-state index in [-0.39, 0.29) is 11.4 Å². The van der Waals surface area contributed by atoms with E-state index in [2.05, 4.69) is 11.6 Å². The van der Waals surface area contributed by atoms with E-state index in [9.17, 15) is 8.42 Å². The summed E-state index contributed by atoms with van der Waals surface area (Å²) in [6.45, 7) is 3.08. The molecule has 0 aliphatic carbocycles. The minimum absolute atomic E-state index is 0.264. The fraction of sp³-hybridized carbons (Fsp3) is 0.238. The Morgan fingerprint density at radius 3 is 2.42 bits per heavy atom. The Hall–Kier alpha value is -2.37. The molecule has 0 aliphatic heterocycles. The molecule has 3 aromatic rings. The fourth-order valence-corrected chi connectivity index (χ4v) is 3.70. The second kappa shape index (κ2) is 8.34. The lowest BCUT2D eigenvalue weighted by atomic mass is 10.1. The molecule has 0 atom stereocenters. The smallest absolute Gasteiger partial charge is 0.240 e. The summed E-state index contributed by atoms with van der Waals surface area (Å²) in [7, 11) is -3.56. The van der Waals surface area contributed by atoms with Crippen molar-refractivity contribution in [3.63, 3.8) is 0 Å². The van der Waals surface area contributed by atoms with Crippen LogP contribution >= 0.6 is 0 Å². The van der Waals surface area contributed by atoms with E-state index < -0.39 is 10.0 Å². The van der Waals surface area contributed by atoms with Gasteiger partial charge in [0.2, 0.25) is 10.0 Å². The molecule has 0 heterocycles. The molecule has 3 rings (SSSR count). The number of unbranched alkanes of at least 4 members (excludes halogenated alkanes) is 1. The average Bonchev–Trinajstić information content (AvgIpc) is 2.67. The molecule has 26 heavy (non-hydrogen) atoms. The minimum Gasteiger partial charge on any atom is -0.494 e. The summed E-state index contributed by atoms with van der Waals surface area (Å²) in [5.74, 6) is 0.809. The molecule has 136 valence electrons. The van der Waals surface area contributed by atoms with Gasteiger partial charge in [-0.05, 0) is 47.0 Å². The molecule has 0 saturated carbocycles. The highest BCUT2D eigenvalue weighted by Crippen LogP contribution is 2.24. The number of ether oxygens (including phenoxy) is 1. The fourth-order valence-electron chi connectivity index (χ4n) is 2.65. The van der Waals surface area contributed by atoms with Gasteiger partial charge in [0.25, 0.3) is 0 Å². The van der Waals surface area contributed by atoms with Crippen LogP contribution in [0.1, 0.15) is 25.3 Å². The van der Waals surface area contributed by atoms with Crippen LogP contribution in [0.3, 0.4) is 0 Å². The van der Waals surface area contributed by atoms with E-state index >= 15 is 0 Å². The molecule has 0 saturated heterocycles. The number of rotatable bonds is 8. The highest BCUT2D eigenvalue weighted by Gasteiger charge is 2.14. The maximum Gasteiger partial charge on any atom is 0.240 e. The van der Waals surface area contributed by atoms with Gasteiger partial charge in [0, 0.05) is 6.54 Å². The van der Waals surface area contributed by atoms with E-state index in [0.717, 1.165) is 34.9 Å². The molecule has 4 nitrogen and oxygen atoms in total. The van der Waals surface area contributed by atoms with E-state index in [1.54, 1.807) is 12.1 Å². The third-order valence-electron chi connectivity index (χ3n) is 4.17. The van der Waals surface area contributed by atoms with E-state index in [1.807, 2.05) is 54.6 Å². The topological polar surface area (TPSA) is 55.4 Å². The van der Waals surface area contributed by atoms with Crippen molar-refractivity contribution in [3.05, 3.63) is 72.3 Å². The maximum atomic E-state index is 12.6. The van der Waals surface area contributed by atoms with Gasteiger partial charge in [-0.2, -0.15) is 0 Å². The number of sulfonamides is 1. The lowest BCUT2D eigenvalue weighted by molar-refractivity contribution is 0.310. The molecule has 0 spiro atoms. The first-order valence-electron chi connectivity index (χ1n) is 8.79. The third kappa shape index (κ3) is 4.62. The van der Waals surface area contributed by atoms with Crippen LogP contribution in [0.25, 0.3) is 10.8 Å². The first-order valence-corrected chi connectivity index (χ1v) is 10.3. The van der Waals surface area contributed by atoms with Crippen molar-refractivity contribution in [2.45, 2.75) is 31.2 Å². The Kier molecular flexibility index (Phi) is 5.91. The molecule has 0 aromatic heterocycles. The SMILES string of the molecule is CCCCOc1ccc2cc(S(=O)(=O)NCc3ccccc3)ccc2c1. The highest BCUT2D eigenvalue weighted by molar-refractivity contribution is 7.89. The van der Waals surface area contributed by atoms with Gasteiger partial charge in [-0.3, -0.25) is 0 Å². The third-order valence-corrected chi connectivity index (χ3v) is 5.57. The van der Waals surface area contributed by atoms with Crippen molar-refractivity contribution in [1.82, 2.24) is 4.72 Å². The molecule has 5 heteroatoms. The normalized spacial score (nSPS) is 11.6. The van der Waals surface area contributed by atoms with Gasteiger partial charge in [-0.25, -0.2) is 13.1 Å². The van der Waals surface area contributed by atoms with Gasteiger partial charge < -0.3 is 4.74 Å². The largest absolute Gasteiger partial charge is 0.494 e. The average molecular weight is 369 g/mol. The van der Waals surface area contributed by atoms with E-state index in [0.29, 0.717) is 6.61 Å². The van der Waals surface area contributed by atoms with Gasteiger partial charge in [-0.15, -0.1) is 0 Å². The van der Waals surface area contributed by atoms with Crippen LogP contribution in [-0.2, 0) is 16.6 Å². The molecule has 0 unspecified atom stereocenters. The monoisotopic (exact) mass is 369 g/mol. The zero-order valence-electron chi connectivity index (χ0n) is 14.8. The quantitative estimate of drug-likeness (QED) is 0.595. The predicted molar refractivity (Wildman–Crippen MR) is 105 cm³/mol. The van der Waals surface area contributed by atoms with Crippen LogP contribution in [0.4, 0.5) is 0 Å². The van der Waals surface area contributed by atoms with Gasteiger partial charge in [0.1, 0.15) is 5.75 Å². The van der Waals surface area contributed by atoms with Crippen LogP contribution in [0.5, 0.6) is 5.75 Å². The number of hydrogen-bond acceptors (Lipinski definition) is 3. The first kappa shape index (κ1) is 18.4. The van der Waals surface area contributed by atoms with Crippen LogP contribution in [0.2, 0.25) is 0 Å². The van der Waals surface area contributed by atoms with Crippen molar-refractivity contribution >= 4 is 20.8 Å². The number of benzene rings is 3. The standard InChI is InChI=1S/C21H23NO3S/c1-2-3-13-25-20-11-9-19-15-21(12-10-18(19)14-20)26(23,24)22-16-17-7-5-4-6-8-17/h4-12,14-15,22H,2-3,13,16H2,1H3. The van der Waals surface area contributed by atoms with Crippen molar-refractivity contribution < 1.29 is 13.2 Å². The summed E-state index contributed by atoms with van der Waals surface area (Å²) in [6, 6.07) is 20.3. The van der Waals surface area contributed by atoms with Gasteiger partial charge in [-0.1, -0.05) is 55.8 Å². The summed E-state index contributed by atoms with van der Waals surface area (Å²) in [4.78, 5) is 0.264. The van der Waals surface area contributed by atoms with E-state index in [4.69, 9.17) is 4.74 Å². The second-order valence-corrected chi connectivity index (χ2v) is 7.95. The minimum atomic E-state index is -3.56. The zero-order valence-corrected chi connectivity index (χ0v) is 15.6. The molecule has 1 N–H and O–H groups in total. The molecule has 3 aromatic carbocycles. The van der Waals surface area contributed by atoms with Gasteiger partial charge in [0.15, 0.2) is 0 Å². The number of hydrogen-bond donors (Lipinski definition) is 1. The van der Waals surface area contributed by atoms with Crippen LogP contribution in [0, 0.1) is 0 Å². The van der Waals surface area contributed by atoms with Crippen molar-refractivity contribution in [1.29, 1.82) is 0 Å². The Morgan fingerprint density at radius 1 is 0.923 bits per heavy atom. The number of nitrogens with one attached hydrogen (secondary N) is 1. The Labute approximate surface area is 154 Å². The summed E-state index contributed by atoms with van der Waals surface area (Å²) in [6.07, 6.45) is 2.10. The second-order valence-electron chi connectivity index (χ2n) is 6.18.